The molecule has 1 fully saturated rings. The normalized spacial score (nSPS) is 16.9. The lowest BCUT2D eigenvalue weighted by Crippen LogP contribution is -1.80. The molecule has 0 N–H and O–H groups in total. The minimum atomic E-state index is 0.793. The van der Waals surface area contributed by atoms with E-state index in [-0.39, 0.29) is 0 Å². The summed E-state index contributed by atoms with van der Waals surface area (Å²) in [6.45, 7) is 0. The van der Waals surface area contributed by atoms with E-state index in [1.165, 1.54) is 18.4 Å². The van der Waals surface area contributed by atoms with Gasteiger partial charge in [0.2, 0.25) is 0 Å². The maximum absolute atomic E-state index is 5.81. The molecule has 2 rings (SSSR count). The van der Waals surface area contributed by atoms with Crippen molar-refractivity contribution in [3.63, 3.8) is 0 Å². The first-order valence-corrected chi connectivity index (χ1v) is 4.89. The third-order valence-corrected chi connectivity index (χ3v) is 2.90. The third kappa shape index (κ3) is 1.60. The quantitative estimate of drug-likeness (QED) is 0.686. The molecule has 11 heavy (non-hydrogen) atoms. The topological polar surface area (TPSA) is 0 Å². The number of hydrogen-bond acceptors (Lipinski definition) is 0. The minimum Gasteiger partial charge on any atom is -0.0843 e. The molecule has 0 spiro atoms. The molecular weight excluding hydrogens is 223 g/mol. The molecule has 0 atom stereocenters. The zero-order valence-electron chi connectivity index (χ0n) is 5.98. The van der Waals surface area contributed by atoms with Crippen LogP contribution in [0.25, 0.3) is 0 Å². The van der Waals surface area contributed by atoms with Crippen LogP contribution in [0.1, 0.15) is 24.3 Å². The van der Waals surface area contributed by atoms with E-state index in [0.29, 0.717) is 0 Å². The van der Waals surface area contributed by atoms with E-state index >= 15 is 0 Å². The van der Waals surface area contributed by atoms with Gasteiger partial charge in [0.25, 0.3) is 0 Å². The van der Waals surface area contributed by atoms with Crippen molar-refractivity contribution in [2.75, 3.05) is 0 Å². The highest BCUT2D eigenvalue weighted by molar-refractivity contribution is 9.10. The van der Waals surface area contributed by atoms with Gasteiger partial charge in [-0.2, -0.15) is 0 Å². The lowest BCUT2D eigenvalue weighted by Gasteiger charge is -2.01. The monoisotopic (exact) mass is 230 g/mol. The highest BCUT2D eigenvalue weighted by Crippen LogP contribution is 2.43. The number of rotatable bonds is 1. The van der Waals surface area contributed by atoms with Crippen LogP contribution in [-0.2, 0) is 0 Å². The standard InChI is InChI=1S/C9H8BrCl/c10-9-5-7(11)3-4-8(9)6-1-2-6/h3-6H,1-2H2. The van der Waals surface area contributed by atoms with Crippen molar-refractivity contribution in [2.45, 2.75) is 18.8 Å². The maximum atomic E-state index is 5.81. The zero-order chi connectivity index (χ0) is 7.84. The van der Waals surface area contributed by atoms with Gasteiger partial charge in [-0.3, -0.25) is 0 Å². The summed E-state index contributed by atoms with van der Waals surface area (Å²) in [5.74, 6) is 0.793. The molecule has 0 saturated heterocycles. The Morgan fingerprint density at radius 2 is 2.09 bits per heavy atom. The Morgan fingerprint density at radius 3 is 2.64 bits per heavy atom. The summed E-state index contributed by atoms with van der Waals surface area (Å²) in [6.07, 6.45) is 2.67. The van der Waals surface area contributed by atoms with E-state index in [1.807, 2.05) is 12.1 Å². The first-order valence-electron chi connectivity index (χ1n) is 3.72. The average molecular weight is 232 g/mol. The third-order valence-electron chi connectivity index (χ3n) is 1.98. The fourth-order valence-corrected chi connectivity index (χ4v) is 2.23. The van der Waals surface area contributed by atoms with Crippen LogP contribution in [-0.4, -0.2) is 0 Å². The van der Waals surface area contributed by atoms with Crippen LogP contribution < -0.4 is 0 Å². The number of benzene rings is 1. The zero-order valence-corrected chi connectivity index (χ0v) is 8.32. The predicted molar refractivity (Wildman–Crippen MR) is 51.1 cm³/mol. The van der Waals surface area contributed by atoms with Crippen LogP contribution in [0.4, 0.5) is 0 Å². The summed E-state index contributed by atoms with van der Waals surface area (Å²) in [6, 6.07) is 6.04. The fourth-order valence-electron chi connectivity index (χ4n) is 1.23. The Hall–Kier alpha value is -0.0100. The Labute approximate surface area is 79.7 Å². The summed E-state index contributed by atoms with van der Waals surface area (Å²) in [5.41, 5.74) is 1.41. The molecule has 0 bridgehead atoms. The molecule has 2 heteroatoms. The number of hydrogen-bond donors (Lipinski definition) is 0. The van der Waals surface area contributed by atoms with E-state index in [0.717, 1.165) is 15.4 Å². The Bertz CT molecular complexity index is 279. The Balaban J connectivity index is 2.39. The van der Waals surface area contributed by atoms with Crippen molar-refractivity contribution in [1.82, 2.24) is 0 Å². The highest BCUT2D eigenvalue weighted by atomic mass is 79.9. The maximum Gasteiger partial charge on any atom is 0.0417 e. The van der Waals surface area contributed by atoms with Gasteiger partial charge in [-0.15, -0.1) is 0 Å². The molecule has 0 amide bonds. The van der Waals surface area contributed by atoms with Gasteiger partial charge in [-0.1, -0.05) is 33.6 Å². The summed E-state index contributed by atoms with van der Waals surface area (Å²) >= 11 is 9.32. The smallest absolute Gasteiger partial charge is 0.0417 e. The van der Waals surface area contributed by atoms with Gasteiger partial charge >= 0.3 is 0 Å². The van der Waals surface area contributed by atoms with E-state index in [9.17, 15) is 0 Å². The second-order valence-electron chi connectivity index (χ2n) is 2.94. The second kappa shape index (κ2) is 2.80. The Kier molecular flexibility index (Phi) is 1.94. The second-order valence-corrected chi connectivity index (χ2v) is 4.23. The fraction of sp³-hybridized carbons (Fsp3) is 0.333. The van der Waals surface area contributed by atoms with E-state index in [2.05, 4.69) is 22.0 Å². The summed E-state index contributed by atoms with van der Waals surface area (Å²) < 4.78 is 1.16. The molecule has 0 radical (unpaired) electrons. The van der Waals surface area contributed by atoms with Crippen LogP contribution in [0.15, 0.2) is 22.7 Å². The molecule has 1 saturated carbocycles. The van der Waals surface area contributed by atoms with Crippen LogP contribution in [0, 0.1) is 0 Å². The van der Waals surface area contributed by atoms with Crippen molar-refractivity contribution in [1.29, 1.82) is 0 Å². The first-order chi connectivity index (χ1) is 5.27. The molecule has 1 aromatic rings. The van der Waals surface area contributed by atoms with Crippen molar-refractivity contribution in [3.8, 4) is 0 Å². The van der Waals surface area contributed by atoms with Gasteiger partial charge in [0.1, 0.15) is 0 Å². The molecule has 0 aliphatic heterocycles. The number of halogens is 2. The van der Waals surface area contributed by atoms with Crippen LogP contribution in [0.5, 0.6) is 0 Å². The summed E-state index contributed by atoms with van der Waals surface area (Å²) in [5, 5.41) is 0.807. The van der Waals surface area contributed by atoms with Crippen molar-refractivity contribution in [3.05, 3.63) is 33.3 Å². The van der Waals surface area contributed by atoms with Gasteiger partial charge in [0.05, 0.1) is 0 Å². The van der Waals surface area contributed by atoms with Gasteiger partial charge in [0.15, 0.2) is 0 Å². The van der Waals surface area contributed by atoms with Crippen LogP contribution in [0.2, 0.25) is 5.02 Å². The molecule has 1 aliphatic rings. The van der Waals surface area contributed by atoms with Gasteiger partial charge < -0.3 is 0 Å². The molecule has 0 nitrogen and oxygen atoms in total. The molecule has 58 valence electrons. The van der Waals surface area contributed by atoms with Crippen molar-refractivity contribution in [2.24, 2.45) is 0 Å². The highest BCUT2D eigenvalue weighted by Gasteiger charge is 2.25. The van der Waals surface area contributed by atoms with Crippen LogP contribution in [0.3, 0.4) is 0 Å². The lowest BCUT2D eigenvalue weighted by molar-refractivity contribution is 1.12. The van der Waals surface area contributed by atoms with Gasteiger partial charge in [-0.25, -0.2) is 0 Å². The van der Waals surface area contributed by atoms with E-state index < -0.39 is 0 Å². The summed E-state index contributed by atoms with van der Waals surface area (Å²) in [4.78, 5) is 0. The molecule has 0 aromatic heterocycles. The minimum absolute atomic E-state index is 0.793. The SMILES string of the molecule is Clc1ccc(C2CC2)c(Br)c1. The van der Waals surface area contributed by atoms with Gasteiger partial charge in [-0.05, 0) is 36.5 Å². The lowest BCUT2D eigenvalue weighted by atomic mass is 10.1. The Morgan fingerprint density at radius 1 is 1.36 bits per heavy atom. The summed E-state index contributed by atoms with van der Waals surface area (Å²) in [7, 11) is 0. The van der Waals surface area contributed by atoms with Gasteiger partial charge in [0, 0.05) is 9.50 Å². The van der Waals surface area contributed by atoms with E-state index in [4.69, 9.17) is 11.6 Å². The van der Waals surface area contributed by atoms with Crippen molar-refractivity contribution < 1.29 is 0 Å². The molecule has 1 aliphatic carbocycles. The largest absolute Gasteiger partial charge is 0.0843 e. The molecule has 0 heterocycles. The average Bonchev–Trinajstić information content (AvgIpc) is 2.70. The predicted octanol–water partition coefficient (Wildman–Crippen LogP) is 3.98. The molecule has 0 unspecified atom stereocenters. The molecular formula is C9H8BrCl. The van der Waals surface area contributed by atoms with E-state index in [1.54, 1.807) is 0 Å². The molecule has 1 aromatic carbocycles. The van der Waals surface area contributed by atoms with Crippen molar-refractivity contribution >= 4 is 27.5 Å². The first kappa shape index (κ1) is 7.63. The van der Waals surface area contributed by atoms with Crippen LogP contribution >= 0.6 is 27.5 Å².